The average molecular weight is 338 g/mol. The van der Waals surface area contributed by atoms with Crippen molar-refractivity contribution in [3.05, 3.63) is 29.8 Å². The lowest BCUT2D eigenvalue weighted by Gasteiger charge is -2.31. The lowest BCUT2D eigenvalue weighted by atomic mass is 9.98. The fourth-order valence-corrected chi connectivity index (χ4v) is 4.21. The first-order valence-corrected chi connectivity index (χ1v) is 9.59. The minimum absolute atomic E-state index is 0.0393. The normalized spacial score (nSPS) is 19.7. The van der Waals surface area contributed by atoms with Gasteiger partial charge in [-0.25, -0.2) is 8.42 Å². The Morgan fingerprint density at radius 2 is 1.96 bits per heavy atom. The van der Waals surface area contributed by atoms with E-state index in [1.807, 2.05) is 20.8 Å². The van der Waals surface area contributed by atoms with Crippen LogP contribution in [0, 0.1) is 18.8 Å². The highest BCUT2D eigenvalue weighted by Gasteiger charge is 2.33. The smallest absolute Gasteiger partial charge is 0.243 e. The van der Waals surface area contributed by atoms with Gasteiger partial charge in [0.05, 0.1) is 10.8 Å². The first-order valence-electron chi connectivity index (χ1n) is 8.15. The van der Waals surface area contributed by atoms with Gasteiger partial charge in [-0.2, -0.15) is 4.31 Å². The quantitative estimate of drug-likeness (QED) is 0.895. The summed E-state index contributed by atoms with van der Waals surface area (Å²) in [6, 6.07) is 6.85. The average Bonchev–Trinajstić information content (AvgIpc) is 2.53. The summed E-state index contributed by atoms with van der Waals surface area (Å²) in [6.45, 7) is 7.36. The second-order valence-corrected chi connectivity index (χ2v) is 8.59. The zero-order valence-electron chi connectivity index (χ0n) is 14.1. The van der Waals surface area contributed by atoms with Crippen LogP contribution in [0.25, 0.3) is 0 Å². The van der Waals surface area contributed by atoms with Crippen LogP contribution in [0.4, 0.5) is 0 Å². The number of nitrogens with one attached hydrogen (secondary N) is 1. The molecular formula is C17H26N2O3S. The van der Waals surface area contributed by atoms with Crippen LogP contribution >= 0.6 is 0 Å². The van der Waals surface area contributed by atoms with Gasteiger partial charge in [-0.1, -0.05) is 31.5 Å². The highest BCUT2D eigenvalue weighted by molar-refractivity contribution is 7.89. The molecule has 1 aromatic rings. The van der Waals surface area contributed by atoms with E-state index in [1.165, 1.54) is 4.31 Å². The predicted octanol–water partition coefficient (Wildman–Crippen LogP) is 2.17. The largest absolute Gasteiger partial charge is 0.356 e. The fraction of sp³-hybridized carbons (Fsp3) is 0.588. The minimum atomic E-state index is -3.52. The molecule has 6 heteroatoms. The van der Waals surface area contributed by atoms with E-state index in [1.54, 1.807) is 24.3 Å². The van der Waals surface area contributed by atoms with Crippen LogP contribution in [-0.4, -0.2) is 38.3 Å². The molecule has 1 aromatic carbocycles. The van der Waals surface area contributed by atoms with Gasteiger partial charge in [0, 0.05) is 19.6 Å². The highest BCUT2D eigenvalue weighted by atomic mass is 32.2. The molecule has 1 amide bonds. The van der Waals surface area contributed by atoms with Crippen molar-refractivity contribution >= 4 is 15.9 Å². The third-order valence-corrected chi connectivity index (χ3v) is 5.98. The highest BCUT2D eigenvalue weighted by Crippen LogP contribution is 2.24. The monoisotopic (exact) mass is 338 g/mol. The second-order valence-electron chi connectivity index (χ2n) is 6.65. The van der Waals surface area contributed by atoms with Gasteiger partial charge in [0.15, 0.2) is 0 Å². The van der Waals surface area contributed by atoms with E-state index in [9.17, 15) is 13.2 Å². The number of carbonyl (C=O) groups excluding carboxylic acids is 1. The Bertz CT molecular complexity index is 638. The maximum atomic E-state index is 12.7. The molecule has 0 radical (unpaired) electrons. The van der Waals surface area contributed by atoms with Crippen LogP contribution in [0.1, 0.15) is 32.3 Å². The number of nitrogens with zero attached hydrogens (tertiary/aromatic N) is 1. The van der Waals surface area contributed by atoms with Crippen LogP contribution in [0.2, 0.25) is 0 Å². The molecule has 0 bridgehead atoms. The summed E-state index contributed by atoms with van der Waals surface area (Å²) in [6.07, 6.45) is 1.45. The van der Waals surface area contributed by atoms with Crippen molar-refractivity contribution < 1.29 is 13.2 Å². The molecule has 0 spiro atoms. The van der Waals surface area contributed by atoms with Crippen molar-refractivity contribution in [1.29, 1.82) is 0 Å². The maximum absolute atomic E-state index is 12.7. The summed E-state index contributed by atoms with van der Waals surface area (Å²) in [5.74, 6) is 0.0835. The SMILES string of the molecule is Cc1ccc(S(=O)(=O)N2CCC[C@H](C(=O)NCC(C)C)C2)cc1. The number of sulfonamides is 1. The lowest BCUT2D eigenvalue weighted by Crippen LogP contribution is -2.45. The molecule has 0 aromatic heterocycles. The minimum Gasteiger partial charge on any atom is -0.356 e. The van der Waals surface area contributed by atoms with E-state index in [0.29, 0.717) is 30.3 Å². The summed E-state index contributed by atoms with van der Waals surface area (Å²) in [7, 11) is -3.52. The Balaban J connectivity index is 2.08. The molecule has 1 aliphatic rings. The van der Waals surface area contributed by atoms with Crippen LogP contribution in [0.5, 0.6) is 0 Å². The van der Waals surface area contributed by atoms with Crippen LogP contribution in [-0.2, 0) is 14.8 Å². The summed E-state index contributed by atoms with van der Waals surface area (Å²) in [4.78, 5) is 12.5. The lowest BCUT2D eigenvalue weighted by molar-refractivity contribution is -0.126. The van der Waals surface area contributed by atoms with Crippen molar-refractivity contribution in [3.63, 3.8) is 0 Å². The standard InChI is InChI=1S/C17H26N2O3S/c1-13(2)11-18-17(20)15-5-4-10-19(12-15)23(21,22)16-8-6-14(3)7-9-16/h6-9,13,15H,4-5,10-12H2,1-3H3,(H,18,20)/t15-/m0/s1. The molecule has 1 fully saturated rings. The zero-order valence-corrected chi connectivity index (χ0v) is 14.9. The third kappa shape index (κ3) is 4.54. The van der Waals surface area contributed by atoms with Crippen LogP contribution in [0.15, 0.2) is 29.2 Å². The topological polar surface area (TPSA) is 66.5 Å². The Kier molecular flexibility index (Phi) is 5.81. The molecule has 1 saturated heterocycles. The number of aryl methyl sites for hydroxylation is 1. The van der Waals surface area contributed by atoms with Crippen LogP contribution in [0.3, 0.4) is 0 Å². The van der Waals surface area contributed by atoms with E-state index in [4.69, 9.17) is 0 Å². The molecule has 1 aliphatic heterocycles. The molecule has 0 unspecified atom stereocenters. The second kappa shape index (κ2) is 7.45. The number of hydrogen-bond acceptors (Lipinski definition) is 3. The number of hydrogen-bond donors (Lipinski definition) is 1. The molecule has 1 atom stereocenters. The fourth-order valence-electron chi connectivity index (χ4n) is 2.68. The van der Waals surface area contributed by atoms with Gasteiger partial charge in [0.25, 0.3) is 0 Å². The van der Waals surface area contributed by atoms with Crippen molar-refractivity contribution in [2.75, 3.05) is 19.6 Å². The molecule has 23 heavy (non-hydrogen) atoms. The Morgan fingerprint density at radius 1 is 1.30 bits per heavy atom. The number of amides is 1. The third-order valence-electron chi connectivity index (χ3n) is 4.10. The summed E-state index contributed by atoms with van der Waals surface area (Å²) in [5.41, 5.74) is 1.02. The number of carbonyl (C=O) groups is 1. The van der Waals surface area contributed by atoms with E-state index >= 15 is 0 Å². The van der Waals surface area contributed by atoms with Crippen LogP contribution < -0.4 is 5.32 Å². The molecule has 1 heterocycles. The Labute approximate surface area is 139 Å². The number of rotatable bonds is 5. The summed E-state index contributed by atoms with van der Waals surface area (Å²) < 4.78 is 26.9. The summed E-state index contributed by atoms with van der Waals surface area (Å²) >= 11 is 0. The van der Waals surface area contributed by atoms with Gasteiger partial charge >= 0.3 is 0 Å². The Hall–Kier alpha value is -1.40. The molecular weight excluding hydrogens is 312 g/mol. The maximum Gasteiger partial charge on any atom is 0.243 e. The molecule has 128 valence electrons. The Morgan fingerprint density at radius 3 is 2.57 bits per heavy atom. The molecule has 0 aliphatic carbocycles. The molecule has 0 saturated carbocycles. The molecule has 2 rings (SSSR count). The van der Waals surface area contributed by atoms with Gasteiger partial charge in [-0.15, -0.1) is 0 Å². The van der Waals surface area contributed by atoms with Crippen molar-refractivity contribution in [2.45, 2.75) is 38.5 Å². The van der Waals surface area contributed by atoms with Crippen molar-refractivity contribution in [2.24, 2.45) is 11.8 Å². The first-order chi connectivity index (χ1) is 10.8. The van der Waals surface area contributed by atoms with Gasteiger partial charge in [0.1, 0.15) is 0 Å². The van der Waals surface area contributed by atoms with Crippen molar-refractivity contribution in [1.82, 2.24) is 9.62 Å². The molecule has 5 nitrogen and oxygen atoms in total. The summed E-state index contributed by atoms with van der Waals surface area (Å²) in [5, 5.41) is 2.91. The zero-order chi connectivity index (χ0) is 17.0. The number of benzene rings is 1. The van der Waals surface area contributed by atoms with E-state index in [-0.39, 0.29) is 18.4 Å². The van der Waals surface area contributed by atoms with Gasteiger partial charge in [0.2, 0.25) is 15.9 Å². The van der Waals surface area contributed by atoms with E-state index < -0.39 is 10.0 Å². The van der Waals surface area contributed by atoms with Gasteiger partial charge < -0.3 is 5.32 Å². The molecule has 1 N–H and O–H groups in total. The van der Waals surface area contributed by atoms with E-state index in [2.05, 4.69) is 5.32 Å². The van der Waals surface area contributed by atoms with E-state index in [0.717, 1.165) is 12.0 Å². The van der Waals surface area contributed by atoms with Crippen molar-refractivity contribution in [3.8, 4) is 0 Å². The number of piperidine rings is 1. The predicted molar refractivity (Wildman–Crippen MR) is 90.5 cm³/mol. The first kappa shape index (κ1) is 17.9. The van der Waals surface area contributed by atoms with Gasteiger partial charge in [-0.3, -0.25) is 4.79 Å². The van der Waals surface area contributed by atoms with Gasteiger partial charge in [-0.05, 0) is 37.8 Å².